The molecule has 5 N–H and O–H groups in total. The zero-order valence-corrected chi connectivity index (χ0v) is 8.82. The van der Waals surface area contributed by atoms with Crippen molar-refractivity contribution >= 4 is 0 Å². The van der Waals surface area contributed by atoms with Gasteiger partial charge in [0.1, 0.15) is 0 Å². The summed E-state index contributed by atoms with van der Waals surface area (Å²) in [4.78, 5) is 0. The highest BCUT2D eigenvalue weighted by Crippen LogP contribution is 2.37. The second-order valence-corrected chi connectivity index (χ2v) is 4.56. The maximum atomic E-state index is 9.45. The van der Waals surface area contributed by atoms with E-state index < -0.39 is 18.7 Å². The largest absolute Gasteiger partial charge is 0.393 e. The molecule has 5 heteroatoms. The lowest BCUT2D eigenvalue weighted by atomic mass is 9.73. The third-order valence-electron chi connectivity index (χ3n) is 3.34. The lowest BCUT2D eigenvalue weighted by Gasteiger charge is -2.37. The third-order valence-corrected chi connectivity index (χ3v) is 3.34. The summed E-state index contributed by atoms with van der Waals surface area (Å²) in [6.45, 7) is 1.64. The average molecular weight is 220 g/mol. The van der Waals surface area contributed by atoms with Gasteiger partial charge >= 0.3 is 0 Å². The van der Waals surface area contributed by atoms with Gasteiger partial charge in [-0.25, -0.2) is 0 Å². The van der Waals surface area contributed by atoms with Gasteiger partial charge < -0.3 is 25.5 Å². The molecule has 0 amide bonds. The molecule has 3 unspecified atom stereocenters. The van der Waals surface area contributed by atoms with Crippen molar-refractivity contribution in [1.29, 1.82) is 0 Å². The SMILES string of the molecule is CC(O)C1CC(C(O)O)CC(C(O)O)C1. The van der Waals surface area contributed by atoms with Crippen molar-refractivity contribution in [2.24, 2.45) is 17.8 Å². The number of aliphatic hydroxyl groups is 5. The zero-order valence-electron chi connectivity index (χ0n) is 8.82. The first-order valence-electron chi connectivity index (χ1n) is 5.32. The molecule has 0 aromatic heterocycles. The molecule has 0 radical (unpaired) electrons. The summed E-state index contributed by atoms with van der Waals surface area (Å²) < 4.78 is 0. The Hall–Kier alpha value is -0.200. The van der Waals surface area contributed by atoms with Crippen LogP contribution in [-0.2, 0) is 0 Å². The van der Waals surface area contributed by atoms with Crippen LogP contribution < -0.4 is 0 Å². The molecule has 1 saturated carbocycles. The Morgan fingerprint density at radius 2 is 1.07 bits per heavy atom. The van der Waals surface area contributed by atoms with Gasteiger partial charge in [0.15, 0.2) is 12.6 Å². The molecule has 0 heterocycles. The van der Waals surface area contributed by atoms with Crippen LogP contribution in [0.4, 0.5) is 0 Å². The summed E-state index contributed by atoms with van der Waals surface area (Å²) in [6.07, 6.45) is -2.07. The van der Waals surface area contributed by atoms with Crippen LogP contribution in [0.1, 0.15) is 26.2 Å². The van der Waals surface area contributed by atoms with Gasteiger partial charge in [-0.2, -0.15) is 0 Å². The smallest absolute Gasteiger partial charge is 0.154 e. The predicted molar refractivity (Wildman–Crippen MR) is 52.5 cm³/mol. The molecule has 0 aromatic rings. The Morgan fingerprint density at radius 1 is 0.733 bits per heavy atom. The number of hydrogen-bond acceptors (Lipinski definition) is 5. The minimum atomic E-state index is -1.45. The van der Waals surface area contributed by atoms with E-state index in [2.05, 4.69) is 0 Å². The Labute approximate surface area is 89.0 Å². The summed E-state index contributed by atoms with van der Waals surface area (Å²) in [5.41, 5.74) is 0. The number of rotatable bonds is 3. The van der Waals surface area contributed by atoms with Crippen LogP contribution in [0.25, 0.3) is 0 Å². The fourth-order valence-electron chi connectivity index (χ4n) is 2.34. The highest BCUT2D eigenvalue weighted by Gasteiger charge is 2.36. The van der Waals surface area contributed by atoms with Crippen LogP contribution in [0.5, 0.6) is 0 Å². The summed E-state index contributed by atoms with van der Waals surface area (Å²) in [6, 6.07) is 0. The van der Waals surface area contributed by atoms with Gasteiger partial charge in [0, 0.05) is 11.8 Å². The van der Waals surface area contributed by atoms with E-state index >= 15 is 0 Å². The van der Waals surface area contributed by atoms with E-state index in [1.807, 2.05) is 0 Å². The molecule has 1 aliphatic carbocycles. The van der Waals surface area contributed by atoms with Crippen LogP contribution in [-0.4, -0.2) is 44.2 Å². The lowest BCUT2D eigenvalue weighted by molar-refractivity contribution is -0.149. The van der Waals surface area contributed by atoms with Crippen LogP contribution in [0.3, 0.4) is 0 Å². The van der Waals surface area contributed by atoms with Gasteiger partial charge in [0.2, 0.25) is 0 Å². The lowest BCUT2D eigenvalue weighted by Crippen LogP contribution is -2.38. The van der Waals surface area contributed by atoms with Crippen molar-refractivity contribution in [3.63, 3.8) is 0 Å². The molecule has 90 valence electrons. The van der Waals surface area contributed by atoms with Crippen molar-refractivity contribution < 1.29 is 25.5 Å². The van der Waals surface area contributed by atoms with Crippen LogP contribution in [0.2, 0.25) is 0 Å². The van der Waals surface area contributed by atoms with E-state index in [0.717, 1.165) is 0 Å². The fraction of sp³-hybridized carbons (Fsp3) is 1.00. The Bertz CT molecular complexity index is 153. The molecule has 5 nitrogen and oxygen atoms in total. The van der Waals surface area contributed by atoms with Crippen molar-refractivity contribution in [3.05, 3.63) is 0 Å². The topological polar surface area (TPSA) is 101 Å². The monoisotopic (exact) mass is 220 g/mol. The summed E-state index contributed by atoms with van der Waals surface area (Å²) in [5.74, 6) is -0.868. The molecular formula is C10H20O5. The van der Waals surface area contributed by atoms with E-state index in [1.54, 1.807) is 6.92 Å². The van der Waals surface area contributed by atoms with Crippen LogP contribution in [0, 0.1) is 17.8 Å². The second-order valence-electron chi connectivity index (χ2n) is 4.56. The molecule has 0 aromatic carbocycles. The van der Waals surface area contributed by atoms with E-state index in [4.69, 9.17) is 20.4 Å². The Morgan fingerprint density at radius 3 is 1.33 bits per heavy atom. The van der Waals surface area contributed by atoms with Gasteiger partial charge in [0.05, 0.1) is 6.10 Å². The molecule has 1 fully saturated rings. The Kier molecular flexibility index (Phi) is 4.48. The molecule has 15 heavy (non-hydrogen) atoms. The van der Waals surface area contributed by atoms with E-state index in [1.165, 1.54) is 0 Å². The van der Waals surface area contributed by atoms with E-state index in [9.17, 15) is 5.11 Å². The maximum Gasteiger partial charge on any atom is 0.154 e. The molecule has 3 atom stereocenters. The normalized spacial score (nSPS) is 34.8. The van der Waals surface area contributed by atoms with Gasteiger partial charge in [0.25, 0.3) is 0 Å². The van der Waals surface area contributed by atoms with E-state index in [-0.39, 0.29) is 17.8 Å². The van der Waals surface area contributed by atoms with Gasteiger partial charge in [-0.05, 0) is 32.1 Å². The number of aliphatic hydroxyl groups excluding tert-OH is 3. The molecule has 0 spiro atoms. The molecule has 1 rings (SSSR count). The summed E-state index contributed by atoms with van der Waals surface area (Å²) in [5, 5.41) is 45.8. The minimum absolute atomic E-state index is 0.0997. The van der Waals surface area contributed by atoms with Gasteiger partial charge in [-0.15, -0.1) is 0 Å². The maximum absolute atomic E-state index is 9.45. The van der Waals surface area contributed by atoms with Crippen molar-refractivity contribution in [3.8, 4) is 0 Å². The summed E-state index contributed by atoms with van der Waals surface area (Å²) in [7, 11) is 0. The fourth-order valence-corrected chi connectivity index (χ4v) is 2.34. The minimum Gasteiger partial charge on any atom is -0.393 e. The van der Waals surface area contributed by atoms with Crippen molar-refractivity contribution in [1.82, 2.24) is 0 Å². The molecule has 0 bridgehead atoms. The van der Waals surface area contributed by atoms with Gasteiger partial charge in [-0.1, -0.05) is 0 Å². The molecule has 0 saturated heterocycles. The molecule has 0 aliphatic heterocycles. The van der Waals surface area contributed by atoms with Crippen molar-refractivity contribution in [2.75, 3.05) is 0 Å². The molecule has 1 aliphatic rings. The van der Waals surface area contributed by atoms with Crippen molar-refractivity contribution in [2.45, 2.75) is 44.9 Å². The highest BCUT2D eigenvalue weighted by atomic mass is 16.5. The third kappa shape index (κ3) is 3.39. The first-order chi connectivity index (χ1) is 6.91. The quantitative estimate of drug-likeness (QED) is 0.394. The predicted octanol–water partition coefficient (Wildman–Crippen LogP) is -0.979. The zero-order chi connectivity index (χ0) is 11.6. The van der Waals surface area contributed by atoms with E-state index in [0.29, 0.717) is 19.3 Å². The first kappa shape index (κ1) is 12.9. The van der Waals surface area contributed by atoms with Crippen LogP contribution >= 0.6 is 0 Å². The summed E-state index contributed by atoms with van der Waals surface area (Å²) >= 11 is 0. The Balaban J connectivity index is 2.64. The number of hydrogen-bond donors (Lipinski definition) is 5. The van der Waals surface area contributed by atoms with Gasteiger partial charge in [-0.3, -0.25) is 0 Å². The highest BCUT2D eigenvalue weighted by molar-refractivity contribution is 4.83. The van der Waals surface area contributed by atoms with Crippen LogP contribution in [0.15, 0.2) is 0 Å². The second kappa shape index (κ2) is 5.23. The first-order valence-corrected chi connectivity index (χ1v) is 5.32. The average Bonchev–Trinajstić information content (AvgIpc) is 2.16. The molecular weight excluding hydrogens is 200 g/mol. The standard InChI is InChI=1S/C10H20O5/c1-5(11)6-2-7(9(12)13)4-8(3-6)10(14)15/h5-15H,2-4H2,1H3.